The summed E-state index contributed by atoms with van der Waals surface area (Å²) in [5.41, 5.74) is 1.19. The van der Waals surface area contributed by atoms with Gasteiger partial charge in [-0.05, 0) is 97.5 Å². The zero-order chi connectivity index (χ0) is 24.9. The SMILES string of the molecule is COc1ccc2c(Oc3ccc(OCCN4CCCCC4)cc3)c(-c3ccc(F)c(F)c3)ccc2c1.Cl. The summed E-state index contributed by atoms with van der Waals surface area (Å²) >= 11 is 0. The number of rotatable bonds is 8. The summed E-state index contributed by atoms with van der Waals surface area (Å²) in [6.07, 6.45) is 3.85. The Hall–Kier alpha value is -3.35. The first-order valence-corrected chi connectivity index (χ1v) is 12.3. The van der Waals surface area contributed by atoms with Gasteiger partial charge in [-0.15, -0.1) is 12.4 Å². The van der Waals surface area contributed by atoms with E-state index in [0.717, 1.165) is 48.0 Å². The number of halogens is 3. The lowest BCUT2D eigenvalue weighted by Gasteiger charge is -2.26. The predicted octanol–water partition coefficient (Wildman–Crippen LogP) is 7.87. The van der Waals surface area contributed by atoms with Crippen molar-refractivity contribution in [3.05, 3.63) is 84.4 Å². The summed E-state index contributed by atoms with van der Waals surface area (Å²) < 4.78 is 45.3. The highest BCUT2D eigenvalue weighted by molar-refractivity contribution is 5.96. The first kappa shape index (κ1) is 26.7. The molecule has 0 amide bonds. The molecule has 1 aliphatic rings. The number of ether oxygens (including phenoxy) is 3. The van der Waals surface area contributed by atoms with Crippen LogP contribution in [0.5, 0.6) is 23.0 Å². The largest absolute Gasteiger partial charge is 0.497 e. The second-order valence-electron chi connectivity index (χ2n) is 8.98. The maximum atomic E-state index is 14.1. The van der Waals surface area contributed by atoms with Crippen LogP contribution in [0, 0.1) is 11.6 Å². The van der Waals surface area contributed by atoms with Crippen molar-refractivity contribution in [2.24, 2.45) is 0 Å². The molecule has 194 valence electrons. The molecular formula is C30H30ClF2NO3. The van der Waals surface area contributed by atoms with Gasteiger partial charge in [-0.25, -0.2) is 8.78 Å². The predicted molar refractivity (Wildman–Crippen MR) is 145 cm³/mol. The van der Waals surface area contributed by atoms with Crippen molar-refractivity contribution in [2.45, 2.75) is 19.3 Å². The number of hydrogen-bond acceptors (Lipinski definition) is 4. The van der Waals surface area contributed by atoms with Crippen molar-refractivity contribution in [2.75, 3.05) is 33.4 Å². The molecule has 0 saturated carbocycles. The van der Waals surface area contributed by atoms with Crippen LogP contribution in [-0.2, 0) is 0 Å². The lowest BCUT2D eigenvalue weighted by atomic mass is 9.99. The number of nitrogens with zero attached hydrogens (tertiary/aromatic N) is 1. The van der Waals surface area contributed by atoms with Crippen molar-refractivity contribution in [1.29, 1.82) is 0 Å². The van der Waals surface area contributed by atoms with Crippen LogP contribution in [0.3, 0.4) is 0 Å². The molecule has 4 nitrogen and oxygen atoms in total. The fraction of sp³-hybridized carbons (Fsp3) is 0.267. The normalized spacial score (nSPS) is 13.7. The molecule has 0 radical (unpaired) electrons. The van der Waals surface area contributed by atoms with Crippen molar-refractivity contribution >= 4 is 23.2 Å². The molecule has 0 aromatic heterocycles. The number of benzene rings is 4. The molecule has 0 unspecified atom stereocenters. The van der Waals surface area contributed by atoms with E-state index in [1.165, 1.54) is 25.3 Å². The van der Waals surface area contributed by atoms with Crippen LogP contribution >= 0.6 is 12.4 Å². The average molecular weight is 526 g/mol. The third-order valence-corrected chi connectivity index (χ3v) is 6.58. The number of hydrogen-bond donors (Lipinski definition) is 0. The van der Waals surface area contributed by atoms with Crippen LogP contribution in [0.15, 0.2) is 72.8 Å². The van der Waals surface area contributed by atoms with E-state index < -0.39 is 11.6 Å². The molecule has 1 saturated heterocycles. The Balaban J connectivity index is 0.00000320. The lowest BCUT2D eigenvalue weighted by molar-refractivity contribution is 0.183. The number of likely N-dealkylation sites (tertiary alicyclic amines) is 1. The third-order valence-electron chi connectivity index (χ3n) is 6.58. The third kappa shape index (κ3) is 6.32. The molecule has 1 heterocycles. The molecule has 0 aliphatic carbocycles. The van der Waals surface area contributed by atoms with Gasteiger partial charge in [-0.3, -0.25) is 4.90 Å². The Bertz CT molecular complexity index is 1340. The summed E-state index contributed by atoms with van der Waals surface area (Å²) in [6, 6.07) is 20.8. The molecule has 4 aromatic carbocycles. The Labute approximate surface area is 222 Å². The highest BCUT2D eigenvalue weighted by atomic mass is 35.5. The maximum Gasteiger partial charge on any atom is 0.159 e. The highest BCUT2D eigenvalue weighted by Gasteiger charge is 2.15. The summed E-state index contributed by atoms with van der Waals surface area (Å²) in [4.78, 5) is 2.44. The van der Waals surface area contributed by atoms with Gasteiger partial charge in [-0.2, -0.15) is 0 Å². The fourth-order valence-corrected chi connectivity index (χ4v) is 4.60. The highest BCUT2D eigenvalue weighted by Crippen LogP contribution is 2.41. The van der Waals surface area contributed by atoms with E-state index in [1.54, 1.807) is 13.2 Å². The summed E-state index contributed by atoms with van der Waals surface area (Å²) in [5.74, 6) is 0.885. The van der Waals surface area contributed by atoms with E-state index in [4.69, 9.17) is 14.2 Å². The van der Waals surface area contributed by atoms with E-state index >= 15 is 0 Å². The lowest BCUT2D eigenvalue weighted by Crippen LogP contribution is -2.33. The van der Waals surface area contributed by atoms with Crippen molar-refractivity contribution in [3.63, 3.8) is 0 Å². The minimum atomic E-state index is -0.903. The average Bonchev–Trinajstić information content (AvgIpc) is 2.91. The molecular weight excluding hydrogens is 496 g/mol. The standard InChI is InChI=1S/C30H29F2NO3.ClH/c1-34-25-11-13-27-21(19-25)5-12-26(22-6-14-28(31)29(32)20-22)30(27)36-24-9-7-23(8-10-24)35-18-17-33-15-3-2-4-16-33;/h5-14,19-20H,2-4,15-18H2,1H3;1H. The van der Waals surface area contributed by atoms with Gasteiger partial charge in [-0.1, -0.05) is 18.6 Å². The smallest absolute Gasteiger partial charge is 0.159 e. The topological polar surface area (TPSA) is 30.9 Å². The minimum absolute atomic E-state index is 0. The van der Waals surface area contributed by atoms with Crippen LogP contribution < -0.4 is 14.2 Å². The molecule has 0 atom stereocenters. The van der Waals surface area contributed by atoms with E-state index in [0.29, 0.717) is 29.2 Å². The van der Waals surface area contributed by atoms with Crippen LogP contribution in [-0.4, -0.2) is 38.3 Å². The van der Waals surface area contributed by atoms with Crippen LogP contribution in [0.1, 0.15) is 19.3 Å². The van der Waals surface area contributed by atoms with Crippen LogP contribution in [0.4, 0.5) is 8.78 Å². The number of fused-ring (bicyclic) bond motifs is 1. The van der Waals surface area contributed by atoms with E-state index in [-0.39, 0.29) is 12.4 Å². The Kier molecular flexibility index (Phi) is 8.85. The van der Waals surface area contributed by atoms with Crippen LogP contribution in [0.2, 0.25) is 0 Å². The van der Waals surface area contributed by atoms with Gasteiger partial charge in [0.05, 0.1) is 7.11 Å². The first-order valence-electron chi connectivity index (χ1n) is 12.3. The Morgan fingerprint density at radius 1 is 0.757 bits per heavy atom. The van der Waals surface area contributed by atoms with Crippen molar-refractivity contribution in [3.8, 4) is 34.1 Å². The van der Waals surface area contributed by atoms with Gasteiger partial charge in [0.15, 0.2) is 11.6 Å². The van der Waals surface area contributed by atoms with E-state index in [2.05, 4.69) is 4.90 Å². The van der Waals surface area contributed by atoms with Gasteiger partial charge in [0.2, 0.25) is 0 Å². The maximum absolute atomic E-state index is 14.1. The molecule has 1 fully saturated rings. The molecule has 1 aliphatic heterocycles. The van der Waals surface area contributed by atoms with Gasteiger partial charge in [0, 0.05) is 17.5 Å². The van der Waals surface area contributed by atoms with Crippen molar-refractivity contribution in [1.82, 2.24) is 4.90 Å². The molecule has 0 bridgehead atoms. The summed E-state index contributed by atoms with van der Waals surface area (Å²) in [6.45, 7) is 3.86. The quantitative estimate of drug-likeness (QED) is 0.234. The first-order chi connectivity index (χ1) is 17.6. The van der Waals surface area contributed by atoms with Gasteiger partial charge in [0.1, 0.15) is 29.6 Å². The molecule has 4 aromatic rings. The molecule has 0 N–H and O–H groups in total. The minimum Gasteiger partial charge on any atom is -0.497 e. The van der Waals surface area contributed by atoms with Gasteiger partial charge in [0.25, 0.3) is 0 Å². The second kappa shape index (κ2) is 12.3. The number of piperidine rings is 1. The van der Waals surface area contributed by atoms with Crippen LogP contribution in [0.25, 0.3) is 21.9 Å². The molecule has 0 spiro atoms. The van der Waals surface area contributed by atoms with E-state index in [9.17, 15) is 8.78 Å². The molecule has 37 heavy (non-hydrogen) atoms. The van der Waals surface area contributed by atoms with Crippen molar-refractivity contribution < 1.29 is 23.0 Å². The fourth-order valence-electron chi connectivity index (χ4n) is 4.60. The Morgan fingerprint density at radius 3 is 2.22 bits per heavy atom. The monoisotopic (exact) mass is 525 g/mol. The van der Waals surface area contributed by atoms with Gasteiger partial charge < -0.3 is 14.2 Å². The van der Waals surface area contributed by atoms with E-state index in [1.807, 2.05) is 54.6 Å². The Morgan fingerprint density at radius 2 is 1.49 bits per heavy atom. The molecule has 7 heteroatoms. The van der Waals surface area contributed by atoms with Gasteiger partial charge >= 0.3 is 0 Å². The summed E-state index contributed by atoms with van der Waals surface area (Å²) in [5, 5.41) is 1.74. The number of methoxy groups -OCH3 is 1. The zero-order valence-corrected chi connectivity index (χ0v) is 21.5. The molecule has 5 rings (SSSR count). The summed E-state index contributed by atoms with van der Waals surface area (Å²) in [7, 11) is 1.62. The second-order valence-corrected chi connectivity index (χ2v) is 8.98. The zero-order valence-electron chi connectivity index (χ0n) is 20.7.